The molecule has 1 rings (SSSR count). The molecule has 4 heteroatoms. The van der Waals surface area contributed by atoms with Crippen LogP contribution in [0.3, 0.4) is 0 Å². The first kappa shape index (κ1) is 16.9. The lowest BCUT2D eigenvalue weighted by Crippen LogP contribution is -2.40. The summed E-state index contributed by atoms with van der Waals surface area (Å²) in [4.78, 5) is 2.60. The van der Waals surface area contributed by atoms with E-state index in [1.54, 1.807) is 7.11 Å². The summed E-state index contributed by atoms with van der Waals surface area (Å²) in [6.07, 6.45) is 5.11. The van der Waals surface area contributed by atoms with Crippen molar-refractivity contribution in [2.24, 2.45) is 5.92 Å². The summed E-state index contributed by atoms with van der Waals surface area (Å²) in [7, 11) is 1.71. The Kier molecular flexibility index (Phi) is 10.4. The van der Waals surface area contributed by atoms with Gasteiger partial charge in [0, 0.05) is 26.8 Å². The molecule has 0 aromatic rings. The van der Waals surface area contributed by atoms with E-state index < -0.39 is 0 Å². The highest BCUT2D eigenvalue weighted by Gasteiger charge is 2.18. The van der Waals surface area contributed by atoms with Gasteiger partial charge in [-0.3, -0.25) is 0 Å². The fourth-order valence-corrected chi connectivity index (χ4v) is 2.64. The molecule has 0 aliphatic carbocycles. The van der Waals surface area contributed by atoms with Crippen LogP contribution in [0.15, 0.2) is 0 Å². The SMILES string of the molecule is CCCNCC1CCCN(CCCOCCOC)C1. The summed E-state index contributed by atoms with van der Waals surface area (Å²) in [5.74, 6) is 0.842. The van der Waals surface area contributed by atoms with Crippen LogP contribution in [0.2, 0.25) is 0 Å². The van der Waals surface area contributed by atoms with Gasteiger partial charge in [-0.2, -0.15) is 0 Å². The number of rotatable bonds is 11. The lowest BCUT2D eigenvalue weighted by Gasteiger charge is -2.32. The largest absolute Gasteiger partial charge is 0.382 e. The molecule has 0 spiro atoms. The van der Waals surface area contributed by atoms with Gasteiger partial charge in [0.2, 0.25) is 0 Å². The molecule has 0 aromatic heterocycles. The third kappa shape index (κ3) is 8.58. The molecule has 114 valence electrons. The fraction of sp³-hybridized carbons (Fsp3) is 1.00. The number of hydrogen-bond donors (Lipinski definition) is 1. The zero-order chi connectivity index (χ0) is 13.8. The van der Waals surface area contributed by atoms with Crippen LogP contribution >= 0.6 is 0 Å². The molecule has 1 heterocycles. The van der Waals surface area contributed by atoms with Crippen molar-refractivity contribution in [3.63, 3.8) is 0 Å². The topological polar surface area (TPSA) is 33.7 Å². The predicted molar refractivity (Wildman–Crippen MR) is 79.6 cm³/mol. The Hall–Kier alpha value is -0.160. The Morgan fingerprint density at radius 2 is 2.16 bits per heavy atom. The first-order valence-corrected chi connectivity index (χ1v) is 7.86. The molecule has 1 atom stereocenters. The minimum atomic E-state index is 0.703. The Balaban J connectivity index is 2.00. The van der Waals surface area contributed by atoms with Crippen molar-refractivity contribution >= 4 is 0 Å². The summed E-state index contributed by atoms with van der Waals surface area (Å²) in [6, 6.07) is 0. The number of likely N-dealkylation sites (tertiary alicyclic amines) is 1. The van der Waals surface area contributed by atoms with Crippen molar-refractivity contribution in [3.05, 3.63) is 0 Å². The summed E-state index contributed by atoms with van der Waals surface area (Å²) in [5, 5.41) is 3.55. The molecular formula is C15H32N2O2. The van der Waals surface area contributed by atoms with Crippen LogP contribution in [0.25, 0.3) is 0 Å². The van der Waals surface area contributed by atoms with Crippen LogP contribution in [0, 0.1) is 5.92 Å². The van der Waals surface area contributed by atoms with E-state index in [1.165, 1.54) is 45.4 Å². The summed E-state index contributed by atoms with van der Waals surface area (Å²) in [5.41, 5.74) is 0. The first-order chi connectivity index (χ1) is 9.36. The van der Waals surface area contributed by atoms with E-state index in [0.29, 0.717) is 6.61 Å². The summed E-state index contributed by atoms with van der Waals surface area (Å²) < 4.78 is 10.5. The average molecular weight is 272 g/mol. The molecule has 1 fully saturated rings. The van der Waals surface area contributed by atoms with Crippen molar-refractivity contribution in [2.75, 3.05) is 59.7 Å². The summed E-state index contributed by atoms with van der Waals surface area (Å²) in [6.45, 7) is 10.6. The number of nitrogens with one attached hydrogen (secondary N) is 1. The second-order valence-electron chi connectivity index (χ2n) is 5.47. The van der Waals surface area contributed by atoms with Gasteiger partial charge in [0.25, 0.3) is 0 Å². The van der Waals surface area contributed by atoms with Crippen molar-refractivity contribution < 1.29 is 9.47 Å². The van der Waals surface area contributed by atoms with Gasteiger partial charge in [0.05, 0.1) is 13.2 Å². The van der Waals surface area contributed by atoms with E-state index in [4.69, 9.17) is 9.47 Å². The molecule has 1 saturated heterocycles. The zero-order valence-electron chi connectivity index (χ0n) is 12.8. The van der Waals surface area contributed by atoms with Crippen molar-refractivity contribution in [1.82, 2.24) is 10.2 Å². The van der Waals surface area contributed by atoms with Crippen LogP contribution in [0.4, 0.5) is 0 Å². The van der Waals surface area contributed by atoms with E-state index in [-0.39, 0.29) is 0 Å². The molecule has 0 amide bonds. The van der Waals surface area contributed by atoms with Crippen LogP contribution in [0.5, 0.6) is 0 Å². The molecular weight excluding hydrogens is 240 g/mol. The Labute approximate surface area is 118 Å². The highest BCUT2D eigenvalue weighted by molar-refractivity contribution is 4.74. The standard InChI is InChI=1S/C15H32N2O2/c1-3-7-16-13-15-6-4-8-17(14-15)9-5-10-19-12-11-18-2/h15-16H,3-14H2,1-2H3. The molecule has 0 bridgehead atoms. The lowest BCUT2D eigenvalue weighted by atomic mass is 9.98. The van der Waals surface area contributed by atoms with E-state index >= 15 is 0 Å². The molecule has 1 aliphatic rings. The smallest absolute Gasteiger partial charge is 0.0700 e. The van der Waals surface area contributed by atoms with E-state index in [0.717, 1.165) is 32.1 Å². The van der Waals surface area contributed by atoms with Gasteiger partial charge in [-0.25, -0.2) is 0 Å². The van der Waals surface area contributed by atoms with Crippen LogP contribution in [-0.2, 0) is 9.47 Å². The van der Waals surface area contributed by atoms with Gasteiger partial charge in [-0.1, -0.05) is 6.92 Å². The third-order valence-electron chi connectivity index (χ3n) is 3.66. The maximum absolute atomic E-state index is 5.51. The number of nitrogens with zero attached hydrogens (tertiary/aromatic N) is 1. The van der Waals surface area contributed by atoms with E-state index in [1.807, 2.05) is 0 Å². The fourth-order valence-electron chi connectivity index (χ4n) is 2.64. The van der Waals surface area contributed by atoms with Gasteiger partial charge in [-0.15, -0.1) is 0 Å². The van der Waals surface area contributed by atoms with Gasteiger partial charge >= 0.3 is 0 Å². The molecule has 19 heavy (non-hydrogen) atoms. The van der Waals surface area contributed by atoms with Crippen molar-refractivity contribution in [3.8, 4) is 0 Å². The number of methoxy groups -OCH3 is 1. The monoisotopic (exact) mass is 272 g/mol. The number of piperidine rings is 1. The predicted octanol–water partition coefficient (Wildman–Crippen LogP) is 1.75. The third-order valence-corrected chi connectivity index (χ3v) is 3.66. The maximum Gasteiger partial charge on any atom is 0.0700 e. The van der Waals surface area contributed by atoms with Crippen molar-refractivity contribution in [1.29, 1.82) is 0 Å². The van der Waals surface area contributed by atoms with Crippen molar-refractivity contribution in [2.45, 2.75) is 32.6 Å². The minimum Gasteiger partial charge on any atom is -0.382 e. The molecule has 1 unspecified atom stereocenters. The molecule has 4 nitrogen and oxygen atoms in total. The van der Waals surface area contributed by atoms with Gasteiger partial charge in [-0.05, 0) is 51.2 Å². The minimum absolute atomic E-state index is 0.703. The Bertz CT molecular complexity index is 203. The Morgan fingerprint density at radius 1 is 1.26 bits per heavy atom. The van der Waals surface area contributed by atoms with E-state index in [2.05, 4.69) is 17.1 Å². The van der Waals surface area contributed by atoms with Gasteiger partial charge < -0.3 is 19.7 Å². The normalized spacial score (nSPS) is 20.8. The zero-order valence-corrected chi connectivity index (χ0v) is 12.8. The van der Waals surface area contributed by atoms with Crippen LogP contribution in [0.1, 0.15) is 32.6 Å². The number of hydrogen-bond acceptors (Lipinski definition) is 4. The number of ether oxygens (including phenoxy) is 2. The summed E-state index contributed by atoms with van der Waals surface area (Å²) >= 11 is 0. The first-order valence-electron chi connectivity index (χ1n) is 7.86. The van der Waals surface area contributed by atoms with Crippen LogP contribution in [-0.4, -0.2) is 64.6 Å². The molecule has 0 aromatic carbocycles. The van der Waals surface area contributed by atoms with E-state index in [9.17, 15) is 0 Å². The Morgan fingerprint density at radius 3 is 2.95 bits per heavy atom. The highest BCUT2D eigenvalue weighted by Crippen LogP contribution is 2.15. The maximum atomic E-state index is 5.51. The highest BCUT2D eigenvalue weighted by atomic mass is 16.5. The van der Waals surface area contributed by atoms with Gasteiger partial charge in [0.15, 0.2) is 0 Å². The molecule has 0 radical (unpaired) electrons. The van der Waals surface area contributed by atoms with Gasteiger partial charge in [0.1, 0.15) is 0 Å². The molecule has 0 saturated carbocycles. The second-order valence-corrected chi connectivity index (χ2v) is 5.47. The molecule has 1 aliphatic heterocycles. The second kappa shape index (κ2) is 11.6. The quantitative estimate of drug-likeness (QED) is 0.581. The molecule has 1 N–H and O–H groups in total. The lowest BCUT2D eigenvalue weighted by molar-refractivity contribution is 0.0624. The average Bonchev–Trinajstić information content (AvgIpc) is 2.43. The van der Waals surface area contributed by atoms with Crippen LogP contribution < -0.4 is 5.32 Å².